The van der Waals surface area contributed by atoms with Crippen molar-refractivity contribution in [1.82, 2.24) is 20.1 Å². The first-order valence-corrected chi connectivity index (χ1v) is 9.92. The Morgan fingerprint density at radius 3 is 2.87 bits per heavy atom. The molecule has 0 fully saturated rings. The second kappa shape index (κ2) is 8.42. The third kappa shape index (κ3) is 4.36. The van der Waals surface area contributed by atoms with Gasteiger partial charge in [0, 0.05) is 10.9 Å². The average molecular weight is 424 g/mol. The fraction of sp³-hybridized carbons (Fsp3) is 0.143. The number of furan rings is 1. The summed E-state index contributed by atoms with van der Waals surface area (Å²) >= 11 is 1.43. The molecule has 1 N–H and O–H groups in total. The molecule has 3 heterocycles. The van der Waals surface area contributed by atoms with Crippen LogP contribution in [0.4, 0.5) is 4.39 Å². The van der Waals surface area contributed by atoms with Gasteiger partial charge in [0.1, 0.15) is 11.5 Å². The molecule has 7 nitrogen and oxygen atoms in total. The maximum absolute atomic E-state index is 13.4. The van der Waals surface area contributed by atoms with E-state index in [4.69, 9.17) is 4.42 Å². The number of carbonyl (C=O) groups is 1. The summed E-state index contributed by atoms with van der Waals surface area (Å²) in [7, 11) is 0. The molecule has 0 bridgehead atoms. The molecule has 4 aromatic rings. The average Bonchev–Trinajstić information content (AvgIpc) is 3.38. The lowest BCUT2D eigenvalue weighted by Crippen LogP contribution is -2.29. The van der Waals surface area contributed by atoms with E-state index in [1.165, 1.54) is 35.6 Å². The van der Waals surface area contributed by atoms with Gasteiger partial charge < -0.3 is 9.73 Å². The number of halogens is 1. The highest BCUT2D eigenvalue weighted by molar-refractivity contribution is 7.15. The van der Waals surface area contributed by atoms with Crippen molar-refractivity contribution in [3.8, 4) is 10.8 Å². The van der Waals surface area contributed by atoms with Gasteiger partial charge in [-0.05, 0) is 42.8 Å². The molecular formula is C21H17FN4O3S. The Bertz CT molecular complexity index is 1250. The minimum absolute atomic E-state index is 0.0676. The highest BCUT2D eigenvalue weighted by Crippen LogP contribution is 2.28. The number of aromatic nitrogens is 3. The van der Waals surface area contributed by atoms with Crippen LogP contribution in [0.1, 0.15) is 26.6 Å². The quantitative estimate of drug-likeness (QED) is 0.512. The van der Waals surface area contributed by atoms with Gasteiger partial charge in [-0.3, -0.25) is 9.59 Å². The van der Waals surface area contributed by atoms with Gasteiger partial charge in [-0.2, -0.15) is 5.10 Å². The van der Waals surface area contributed by atoms with Crippen molar-refractivity contribution in [3.63, 3.8) is 0 Å². The summed E-state index contributed by atoms with van der Waals surface area (Å²) in [5.74, 6) is -0.148. The molecule has 0 unspecified atom stereocenters. The van der Waals surface area contributed by atoms with Crippen LogP contribution in [0.25, 0.3) is 10.8 Å². The molecule has 30 heavy (non-hydrogen) atoms. The second-order valence-electron chi connectivity index (χ2n) is 6.53. The zero-order valence-electron chi connectivity index (χ0n) is 16.0. The SMILES string of the molecule is Cc1nc(-c2ccco2)sc1CNC(=O)c1ccc(=O)n(Cc2cccc(F)c2)n1. The molecule has 4 rings (SSSR count). The zero-order valence-corrected chi connectivity index (χ0v) is 16.8. The van der Waals surface area contributed by atoms with Gasteiger partial charge in [-0.15, -0.1) is 11.3 Å². The van der Waals surface area contributed by atoms with Gasteiger partial charge in [0.2, 0.25) is 0 Å². The van der Waals surface area contributed by atoms with Crippen molar-refractivity contribution in [2.45, 2.75) is 20.0 Å². The summed E-state index contributed by atoms with van der Waals surface area (Å²) in [6, 6.07) is 12.1. The van der Waals surface area contributed by atoms with Gasteiger partial charge in [-0.1, -0.05) is 12.1 Å². The maximum Gasteiger partial charge on any atom is 0.272 e. The van der Waals surface area contributed by atoms with Gasteiger partial charge in [0.05, 0.1) is 25.0 Å². The molecule has 0 saturated heterocycles. The van der Waals surface area contributed by atoms with Crippen molar-refractivity contribution in [3.05, 3.63) is 92.8 Å². The number of aryl methyl sites for hydroxylation is 1. The van der Waals surface area contributed by atoms with Crippen LogP contribution in [-0.4, -0.2) is 20.7 Å². The Balaban J connectivity index is 1.47. The molecule has 0 atom stereocenters. The van der Waals surface area contributed by atoms with Crippen LogP contribution < -0.4 is 10.9 Å². The monoisotopic (exact) mass is 424 g/mol. The van der Waals surface area contributed by atoms with Crippen molar-refractivity contribution in [1.29, 1.82) is 0 Å². The van der Waals surface area contributed by atoms with Crippen molar-refractivity contribution < 1.29 is 13.6 Å². The molecule has 9 heteroatoms. The first-order chi connectivity index (χ1) is 14.5. The number of hydrogen-bond acceptors (Lipinski definition) is 6. The van der Waals surface area contributed by atoms with Crippen LogP contribution in [0, 0.1) is 12.7 Å². The van der Waals surface area contributed by atoms with Crippen molar-refractivity contribution in [2.24, 2.45) is 0 Å². The number of amides is 1. The number of rotatable bonds is 6. The van der Waals surface area contributed by atoms with Crippen LogP contribution in [0.2, 0.25) is 0 Å². The van der Waals surface area contributed by atoms with E-state index in [0.29, 0.717) is 11.3 Å². The van der Waals surface area contributed by atoms with Crippen LogP contribution in [0.3, 0.4) is 0 Å². The smallest absolute Gasteiger partial charge is 0.272 e. The van der Waals surface area contributed by atoms with Crippen molar-refractivity contribution in [2.75, 3.05) is 0 Å². The highest BCUT2D eigenvalue weighted by Gasteiger charge is 2.14. The number of hydrogen-bond donors (Lipinski definition) is 1. The number of carbonyl (C=O) groups excluding carboxylic acids is 1. The van der Waals surface area contributed by atoms with E-state index < -0.39 is 11.7 Å². The van der Waals surface area contributed by atoms with Gasteiger partial charge in [-0.25, -0.2) is 14.1 Å². The van der Waals surface area contributed by atoms with E-state index in [1.807, 2.05) is 13.0 Å². The number of nitrogens with one attached hydrogen (secondary N) is 1. The summed E-state index contributed by atoms with van der Waals surface area (Å²) < 4.78 is 19.9. The predicted octanol–water partition coefficient (Wildman–Crippen LogP) is 3.39. The summed E-state index contributed by atoms with van der Waals surface area (Å²) in [4.78, 5) is 30.0. The highest BCUT2D eigenvalue weighted by atomic mass is 32.1. The largest absolute Gasteiger partial charge is 0.462 e. The first kappa shape index (κ1) is 19.7. The Morgan fingerprint density at radius 2 is 2.10 bits per heavy atom. The third-order valence-corrected chi connectivity index (χ3v) is 5.53. The molecule has 3 aromatic heterocycles. The van der Waals surface area contributed by atoms with E-state index >= 15 is 0 Å². The van der Waals surface area contributed by atoms with Crippen LogP contribution in [0.5, 0.6) is 0 Å². The molecule has 0 aliphatic rings. The molecule has 1 aromatic carbocycles. The Morgan fingerprint density at radius 1 is 1.23 bits per heavy atom. The molecule has 0 aliphatic heterocycles. The number of nitrogens with zero attached hydrogens (tertiary/aromatic N) is 3. The maximum atomic E-state index is 13.4. The van der Waals surface area contributed by atoms with E-state index in [1.54, 1.807) is 24.5 Å². The molecule has 0 spiro atoms. The molecule has 0 radical (unpaired) electrons. The van der Waals surface area contributed by atoms with Crippen LogP contribution >= 0.6 is 11.3 Å². The Labute approximate surface area is 174 Å². The minimum atomic E-state index is -0.421. The second-order valence-corrected chi connectivity index (χ2v) is 7.62. The first-order valence-electron chi connectivity index (χ1n) is 9.10. The van der Waals surface area contributed by atoms with E-state index in [2.05, 4.69) is 15.4 Å². The van der Waals surface area contributed by atoms with E-state index in [9.17, 15) is 14.0 Å². The molecule has 0 aliphatic carbocycles. The summed E-state index contributed by atoms with van der Waals surface area (Å²) in [6.07, 6.45) is 1.58. The molecule has 152 valence electrons. The number of benzene rings is 1. The lowest BCUT2D eigenvalue weighted by molar-refractivity contribution is 0.0943. The minimum Gasteiger partial charge on any atom is -0.462 e. The van der Waals surface area contributed by atoms with Crippen molar-refractivity contribution >= 4 is 17.2 Å². The van der Waals surface area contributed by atoms with Gasteiger partial charge in [0.15, 0.2) is 10.8 Å². The van der Waals surface area contributed by atoms with Crippen LogP contribution in [0.15, 0.2) is 64.0 Å². The van der Waals surface area contributed by atoms with E-state index in [-0.39, 0.29) is 24.3 Å². The summed E-state index contributed by atoms with van der Waals surface area (Å²) in [5, 5.41) is 7.66. The Hall–Kier alpha value is -3.59. The summed E-state index contributed by atoms with van der Waals surface area (Å²) in [5.41, 5.74) is 1.10. The third-order valence-electron chi connectivity index (χ3n) is 4.35. The number of thiazole rings is 1. The predicted molar refractivity (Wildman–Crippen MR) is 110 cm³/mol. The summed E-state index contributed by atoms with van der Waals surface area (Å²) in [6.45, 7) is 2.20. The van der Waals surface area contributed by atoms with Gasteiger partial charge in [0.25, 0.3) is 11.5 Å². The fourth-order valence-corrected chi connectivity index (χ4v) is 3.81. The van der Waals surface area contributed by atoms with Gasteiger partial charge >= 0.3 is 0 Å². The van der Waals surface area contributed by atoms with E-state index in [0.717, 1.165) is 20.3 Å². The molecule has 0 saturated carbocycles. The topological polar surface area (TPSA) is 90.0 Å². The lowest BCUT2D eigenvalue weighted by Gasteiger charge is -2.08. The lowest BCUT2D eigenvalue weighted by atomic mass is 10.2. The Kier molecular flexibility index (Phi) is 5.53. The zero-order chi connectivity index (χ0) is 21.1. The molecular weight excluding hydrogens is 407 g/mol. The van der Waals surface area contributed by atoms with Crippen LogP contribution in [-0.2, 0) is 13.1 Å². The standard InChI is InChI=1S/C21H17FN4O3S/c1-13-18(30-21(24-13)17-6-3-9-29-17)11-23-20(28)16-7-8-19(27)26(25-16)12-14-4-2-5-15(22)10-14/h2-10H,11-12H2,1H3,(H,23,28). The fourth-order valence-electron chi connectivity index (χ4n) is 2.84. The molecule has 1 amide bonds. The normalized spacial score (nSPS) is 10.9.